The number of nitrogens with zero attached hydrogens (tertiary/aromatic N) is 4. The SMILES string of the molecule is COc1ccc(N(CC(F)(F)F)C(=O)COC(=O)c2cnc3c(c2)c(C)nn3C)cc1. The Bertz CT molecular complexity index is 1110. The molecule has 1 amide bonds. The molecule has 3 aromatic rings. The zero-order valence-electron chi connectivity index (χ0n) is 16.9. The fourth-order valence-electron chi connectivity index (χ4n) is 2.97. The number of methoxy groups -OCH3 is 1. The first-order valence-electron chi connectivity index (χ1n) is 9.06. The summed E-state index contributed by atoms with van der Waals surface area (Å²) in [7, 11) is 3.11. The molecule has 2 heterocycles. The van der Waals surface area contributed by atoms with E-state index in [2.05, 4.69) is 10.1 Å². The molecular weight excluding hydrogens is 417 g/mol. The summed E-state index contributed by atoms with van der Waals surface area (Å²) in [6, 6.07) is 6.99. The van der Waals surface area contributed by atoms with Crippen LogP contribution in [0.2, 0.25) is 0 Å². The van der Waals surface area contributed by atoms with Crippen LogP contribution in [0.1, 0.15) is 16.1 Å². The largest absolute Gasteiger partial charge is 0.497 e. The van der Waals surface area contributed by atoms with Crippen molar-refractivity contribution < 1.29 is 32.2 Å². The third kappa shape index (κ3) is 5.11. The molecule has 0 radical (unpaired) electrons. The lowest BCUT2D eigenvalue weighted by Crippen LogP contribution is -2.41. The van der Waals surface area contributed by atoms with Crippen LogP contribution < -0.4 is 9.64 Å². The third-order valence-corrected chi connectivity index (χ3v) is 4.45. The van der Waals surface area contributed by atoms with E-state index in [4.69, 9.17) is 9.47 Å². The van der Waals surface area contributed by atoms with E-state index in [0.29, 0.717) is 27.4 Å². The quantitative estimate of drug-likeness (QED) is 0.552. The lowest BCUT2D eigenvalue weighted by Gasteiger charge is -2.24. The van der Waals surface area contributed by atoms with Crippen molar-refractivity contribution >= 4 is 28.6 Å². The summed E-state index contributed by atoms with van der Waals surface area (Å²) >= 11 is 0. The molecule has 0 saturated heterocycles. The summed E-state index contributed by atoms with van der Waals surface area (Å²) in [4.78, 5) is 29.5. The minimum Gasteiger partial charge on any atom is -0.497 e. The van der Waals surface area contributed by atoms with Crippen LogP contribution in [0.15, 0.2) is 36.5 Å². The monoisotopic (exact) mass is 436 g/mol. The lowest BCUT2D eigenvalue weighted by molar-refractivity contribution is -0.134. The van der Waals surface area contributed by atoms with Crippen molar-refractivity contribution in [2.45, 2.75) is 13.1 Å². The Kier molecular flexibility index (Phi) is 6.14. The number of benzene rings is 1. The van der Waals surface area contributed by atoms with Gasteiger partial charge in [-0.05, 0) is 37.3 Å². The van der Waals surface area contributed by atoms with Crippen molar-refractivity contribution in [2.24, 2.45) is 7.05 Å². The Labute approximate surface area is 175 Å². The van der Waals surface area contributed by atoms with E-state index in [-0.39, 0.29) is 11.3 Å². The number of anilines is 1. The molecule has 0 atom stereocenters. The number of esters is 1. The molecule has 0 fully saturated rings. The van der Waals surface area contributed by atoms with E-state index in [1.54, 1.807) is 18.7 Å². The maximum atomic E-state index is 13.0. The molecule has 8 nitrogen and oxygen atoms in total. The Balaban J connectivity index is 1.75. The van der Waals surface area contributed by atoms with Gasteiger partial charge in [0.1, 0.15) is 12.3 Å². The van der Waals surface area contributed by atoms with Crippen molar-refractivity contribution in [3.8, 4) is 5.75 Å². The van der Waals surface area contributed by atoms with Crippen molar-refractivity contribution in [2.75, 3.05) is 25.2 Å². The summed E-state index contributed by atoms with van der Waals surface area (Å²) in [6.45, 7) is -0.657. The van der Waals surface area contributed by atoms with Gasteiger partial charge in [0, 0.05) is 24.3 Å². The molecule has 0 unspecified atom stereocenters. The van der Waals surface area contributed by atoms with Crippen LogP contribution >= 0.6 is 0 Å². The van der Waals surface area contributed by atoms with E-state index in [9.17, 15) is 22.8 Å². The number of hydrogen-bond acceptors (Lipinski definition) is 6. The number of pyridine rings is 1. The first kappa shape index (κ1) is 22.1. The Morgan fingerprint density at radius 2 is 1.87 bits per heavy atom. The maximum absolute atomic E-state index is 13.0. The highest BCUT2D eigenvalue weighted by Crippen LogP contribution is 2.25. The highest BCUT2D eigenvalue weighted by molar-refractivity contribution is 5.98. The van der Waals surface area contributed by atoms with E-state index in [0.717, 1.165) is 0 Å². The number of aryl methyl sites for hydroxylation is 2. The highest BCUT2D eigenvalue weighted by Gasteiger charge is 2.34. The normalized spacial score (nSPS) is 11.4. The highest BCUT2D eigenvalue weighted by atomic mass is 19.4. The van der Waals surface area contributed by atoms with Crippen LogP contribution in [0.4, 0.5) is 18.9 Å². The fraction of sp³-hybridized carbons (Fsp3) is 0.300. The molecule has 0 saturated carbocycles. The Morgan fingerprint density at radius 1 is 1.19 bits per heavy atom. The standard InChI is InChI=1S/C20H19F3N4O4/c1-12-16-8-13(9-24-18(16)26(2)25-12)19(29)31-10-17(28)27(11-20(21,22)23)14-4-6-15(30-3)7-5-14/h4-9H,10-11H2,1-3H3. The first-order valence-corrected chi connectivity index (χ1v) is 9.06. The maximum Gasteiger partial charge on any atom is 0.406 e. The predicted octanol–water partition coefficient (Wildman–Crippen LogP) is 3.04. The lowest BCUT2D eigenvalue weighted by atomic mass is 10.2. The summed E-state index contributed by atoms with van der Waals surface area (Å²) in [5.74, 6) is -1.49. The van der Waals surface area contributed by atoms with Crippen molar-refractivity contribution in [1.82, 2.24) is 14.8 Å². The molecule has 1 aromatic carbocycles. The van der Waals surface area contributed by atoms with E-state index < -0.39 is 31.2 Å². The van der Waals surface area contributed by atoms with Gasteiger partial charge in [-0.15, -0.1) is 0 Å². The number of fused-ring (bicyclic) bond motifs is 1. The average molecular weight is 436 g/mol. The van der Waals surface area contributed by atoms with Gasteiger partial charge >= 0.3 is 12.1 Å². The number of hydrogen-bond donors (Lipinski definition) is 0. The minimum absolute atomic E-state index is 0.00625. The number of halogens is 3. The van der Waals surface area contributed by atoms with E-state index in [1.807, 2.05) is 0 Å². The number of rotatable bonds is 6. The van der Waals surface area contributed by atoms with Gasteiger partial charge in [0.2, 0.25) is 0 Å². The van der Waals surface area contributed by atoms with Gasteiger partial charge < -0.3 is 14.4 Å². The summed E-state index contributed by atoms with van der Waals surface area (Å²) in [5.41, 5.74) is 1.25. The molecular formula is C20H19F3N4O4. The molecule has 164 valence electrons. The Morgan fingerprint density at radius 3 is 2.48 bits per heavy atom. The van der Waals surface area contributed by atoms with Gasteiger partial charge in [-0.1, -0.05) is 0 Å². The number of aromatic nitrogens is 3. The van der Waals surface area contributed by atoms with Gasteiger partial charge in [0.05, 0.1) is 18.4 Å². The molecule has 0 aliphatic rings. The van der Waals surface area contributed by atoms with Crippen LogP contribution in [0.25, 0.3) is 11.0 Å². The molecule has 3 rings (SSSR count). The number of amides is 1. The Hall–Kier alpha value is -3.63. The summed E-state index contributed by atoms with van der Waals surface area (Å²) in [5, 5.41) is 4.82. The summed E-state index contributed by atoms with van der Waals surface area (Å²) < 4.78 is 50.5. The zero-order valence-corrected chi connectivity index (χ0v) is 16.9. The van der Waals surface area contributed by atoms with Crippen LogP contribution in [0.5, 0.6) is 5.75 Å². The second-order valence-electron chi connectivity index (χ2n) is 6.67. The second kappa shape index (κ2) is 8.62. The summed E-state index contributed by atoms with van der Waals surface area (Å²) in [6.07, 6.45) is -3.39. The van der Waals surface area contributed by atoms with Crippen molar-refractivity contribution in [3.63, 3.8) is 0 Å². The van der Waals surface area contributed by atoms with Gasteiger partial charge in [0.15, 0.2) is 12.3 Å². The fourth-order valence-corrected chi connectivity index (χ4v) is 2.97. The average Bonchev–Trinajstić information content (AvgIpc) is 3.02. The molecule has 0 bridgehead atoms. The number of carbonyl (C=O) groups excluding carboxylic acids is 2. The number of alkyl halides is 3. The molecule has 11 heteroatoms. The van der Waals surface area contributed by atoms with Crippen LogP contribution in [-0.4, -0.2) is 53.1 Å². The molecule has 0 aliphatic heterocycles. The van der Waals surface area contributed by atoms with Crippen LogP contribution in [0.3, 0.4) is 0 Å². The molecule has 0 N–H and O–H groups in total. The van der Waals surface area contributed by atoms with Gasteiger partial charge in [-0.3, -0.25) is 9.48 Å². The smallest absolute Gasteiger partial charge is 0.406 e. The van der Waals surface area contributed by atoms with Crippen LogP contribution in [-0.2, 0) is 16.6 Å². The molecule has 0 spiro atoms. The molecule has 31 heavy (non-hydrogen) atoms. The van der Waals surface area contributed by atoms with Gasteiger partial charge in [-0.2, -0.15) is 18.3 Å². The minimum atomic E-state index is -4.65. The number of carbonyl (C=O) groups is 2. The molecule has 0 aliphatic carbocycles. The number of ether oxygens (including phenoxy) is 2. The van der Waals surface area contributed by atoms with Crippen LogP contribution in [0, 0.1) is 6.92 Å². The molecule has 2 aromatic heterocycles. The topological polar surface area (TPSA) is 86.5 Å². The first-order chi connectivity index (χ1) is 14.6. The van der Waals surface area contributed by atoms with Crippen molar-refractivity contribution in [1.29, 1.82) is 0 Å². The van der Waals surface area contributed by atoms with E-state index >= 15 is 0 Å². The zero-order chi connectivity index (χ0) is 22.8. The van der Waals surface area contributed by atoms with E-state index in [1.165, 1.54) is 43.6 Å². The third-order valence-electron chi connectivity index (χ3n) is 4.45. The van der Waals surface area contributed by atoms with Crippen molar-refractivity contribution in [3.05, 3.63) is 47.8 Å². The second-order valence-corrected chi connectivity index (χ2v) is 6.67. The predicted molar refractivity (Wildman–Crippen MR) is 105 cm³/mol. The van der Waals surface area contributed by atoms with Gasteiger partial charge in [-0.25, -0.2) is 9.78 Å². The van der Waals surface area contributed by atoms with Gasteiger partial charge in [0.25, 0.3) is 5.91 Å².